The monoisotopic (exact) mass is 580 g/mol. The van der Waals surface area contributed by atoms with Crippen LogP contribution in [0.5, 0.6) is 0 Å². The molecule has 1 saturated heterocycles. The van der Waals surface area contributed by atoms with Gasteiger partial charge in [-0.2, -0.15) is 0 Å². The molecule has 0 aliphatic carbocycles. The fourth-order valence-electron chi connectivity index (χ4n) is 4.32. The van der Waals surface area contributed by atoms with E-state index in [1.54, 1.807) is 53.6 Å². The zero-order chi connectivity index (χ0) is 29.2. The van der Waals surface area contributed by atoms with Crippen LogP contribution < -0.4 is 10.8 Å². The minimum atomic E-state index is -0.968. The third-order valence-electron chi connectivity index (χ3n) is 6.55. The fourth-order valence-corrected chi connectivity index (χ4v) is 5.24. The summed E-state index contributed by atoms with van der Waals surface area (Å²) in [7, 11) is 0. The molecule has 2 amide bonds. The summed E-state index contributed by atoms with van der Waals surface area (Å²) < 4.78 is 12.7. The van der Waals surface area contributed by atoms with Gasteiger partial charge in [0.1, 0.15) is 0 Å². The lowest BCUT2D eigenvalue weighted by Crippen LogP contribution is -2.31. The zero-order valence-electron chi connectivity index (χ0n) is 22.2. The van der Waals surface area contributed by atoms with Gasteiger partial charge in [-0.1, -0.05) is 36.4 Å². The first-order chi connectivity index (χ1) is 19.8. The Kier molecular flexibility index (Phi) is 10.9. The minimum absolute atomic E-state index is 0.0433. The number of amides is 2. The van der Waals surface area contributed by atoms with E-state index < -0.39 is 18.2 Å². The summed E-state index contributed by atoms with van der Waals surface area (Å²) in [6.45, 7) is -0.0433. The van der Waals surface area contributed by atoms with Gasteiger partial charge in [-0.15, -0.1) is 11.8 Å². The van der Waals surface area contributed by atoms with Crippen LogP contribution in [-0.2, 0) is 25.7 Å². The van der Waals surface area contributed by atoms with Crippen molar-refractivity contribution in [3.63, 3.8) is 0 Å². The van der Waals surface area contributed by atoms with Gasteiger partial charge in [0.15, 0.2) is 6.29 Å². The topological polar surface area (TPSA) is 154 Å². The molecule has 0 saturated carbocycles. The number of aliphatic hydroxyl groups excluding tert-OH is 1. The molecule has 41 heavy (non-hydrogen) atoms. The van der Waals surface area contributed by atoms with Gasteiger partial charge in [0.25, 0.3) is 0 Å². The Morgan fingerprint density at radius 1 is 0.854 bits per heavy atom. The van der Waals surface area contributed by atoms with Crippen LogP contribution in [0.3, 0.4) is 0 Å². The highest BCUT2D eigenvalue weighted by Gasteiger charge is 2.32. The molecule has 0 aromatic heterocycles. The van der Waals surface area contributed by atoms with Crippen molar-refractivity contribution in [2.75, 3.05) is 11.1 Å². The SMILES string of the molecule is O=C(CCCC(=O)Nc1ccc([C@@H]2O[C@H](CSc3ccc(C(=O)O)cc3)C[C@H](c3ccc(CO)cc3)O2)cc1)NO. The molecule has 3 aromatic carbocycles. The number of benzene rings is 3. The van der Waals surface area contributed by atoms with Gasteiger partial charge >= 0.3 is 5.97 Å². The summed E-state index contributed by atoms with van der Waals surface area (Å²) in [6, 6.07) is 21.5. The quantitative estimate of drug-likeness (QED) is 0.115. The smallest absolute Gasteiger partial charge is 0.335 e. The molecule has 1 aliphatic heterocycles. The van der Waals surface area contributed by atoms with Gasteiger partial charge in [-0.3, -0.25) is 14.8 Å². The maximum atomic E-state index is 12.2. The summed E-state index contributed by atoms with van der Waals surface area (Å²) in [5, 5.41) is 29.9. The van der Waals surface area contributed by atoms with E-state index in [9.17, 15) is 19.5 Å². The van der Waals surface area contributed by atoms with Gasteiger partial charge < -0.3 is 25.0 Å². The van der Waals surface area contributed by atoms with Crippen molar-refractivity contribution in [2.24, 2.45) is 0 Å². The number of hydrogen-bond acceptors (Lipinski definition) is 8. The molecule has 1 fully saturated rings. The van der Waals surface area contributed by atoms with Crippen molar-refractivity contribution in [2.45, 2.75) is 55.7 Å². The number of carboxylic acids is 1. The van der Waals surface area contributed by atoms with Crippen LogP contribution in [0.15, 0.2) is 77.7 Å². The van der Waals surface area contributed by atoms with Gasteiger partial charge in [-0.05, 0) is 53.9 Å². The zero-order valence-corrected chi connectivity index (χ0v) is 23.0. The van der Waals surface area contributed by atoms with E-state index in [4.69, 9.17) is 19.8 Å². The molecule has 4 rings (SSSR count). The Bertz CT molecular complexity index is 1320. The predicted molar refractivity (Wildman–Crippen MR) is 151 cm³/mol. The van der Waals surface area contributed by atoms with E-state index in [0.29, 0.717) is 24.3 Å². The lowest BCUT2D eigenvalue weighted by Gasteiger charge is -2.36. The van der Waals surface area contributed by atoms with Crippen LogP contribution in [0.4, 0.5) is 5.69 Å². The van der Waals surface area contributed by atoms with Crippen LogP contribution in [0, 0.1) is 0 Å². The van der Waals surface area contributed by atoms with Crippen molar-refractivity contribution in [3.8, 4) is 0 Å². The van der Waals surface area contributed by atoms with Crippen LogP contribution in [0.25, 0.3) is 0 Å². The van der Waals surface area contributed by atoms with E-state index in [2.05, 4.69) is 5.32 Å². The summed E-state index contributed by atoms with van der Waals surface area (Å²) >= 11 is 1.57. The first kappa shape index (κ1) is 30.2. The van der Waals surface area contributed by atoms with Gasteiger partial charge in [-0.25, -0.2) is 10.3 Å². The summed E-state index contributed by atoms with van der Waals surface area (Å²) in [6.07, 6.45) is 0.0255. The number of nitrogens with one attached hydrogen (secondary N) is 2. The first-order valence-corrected chi connectivity index (χ1v) is 14.1. The van der Waals surface area contributed by atoms with Gasteiger partial charge in [0, 0.05) is 41.2 Å². The molecule has 0 spiro atoms. The van der Waals surface area contributed by atoms with Gasteiger partial charge in [0.05, 0.1) is 24.4 Å². The molecule has 3 aromatic rings. The van der Waals surface area contributed by atoms with E-state index in [0.717, 1.165) is 21.6 Å². The number of aromatic carboxylic acids is 1. The number of carbonyl (C=O) groups is 3. The van der Waals surface area contributed by atoms with E-state index >= 15 is 0 Å². The van der Waals surface area contributed by atoms with Crippen molar-refractivity contribution >= 4 is 35.2 Å². The Hall–Kier alpha value is -3.74. The third kappa shape index (κ3) is 8.87. The van der Waals surface area contributed by atoms with Crippen molar-refractivity contribution < 1.29 is 39.3 Å². The number of rotatable bonds is 12. The highest BCUT2D eigenvalue weighted by Crippen LogP contribution is 2.39. The predicted octanol–water partition coefficient (Wildman–Crippen LogP) is 4.83. The molecule has 10 nitrogen and oxygen atoms in total. The summed E-state index contributed by atoms with van der Waals surface area (Å²) in [4.78, 5) is 35.4. The van der Waals surface area contributed by atoms with Crippen molar-refractivity contribution in [3.05, 3.63) is 95.1 Å². The van der Waals surface area contributed by atoms with Gasteiger partial charge in [0.2, 0.25) is 11.8 Å². The first-order valence-electron chi connectivity index (χ1n) is 13.1. The Labute approximate surface area is 241 Å². The number of carboxylic acid groups (broad SMARTS) is 1. The van der Waals surface area contributed by atoms with Crippen molar-refractivity contribution in [1.29, 1.82) is 0 Å². The molecule has 0 bridgehead atoms. The average Bonchev–Trinajstić information content (AvgIpc) is 3.00. The molecule has 11 heteroatoms. The normalized spacial score (nSPS) is 18.4. The van der Waals surface area contributed by atoms with Crippen LogP contribution >= 0.6 is 11.8 Å². The molecule has 0 radical (unpaired) electrons. The molecule has 0 unspecified atom stereocenters. The minimum Gasteiger partial charge on any atom is -0.478 e. The molecule has 1 aliphatic rings. The van der Waals surface area contributed by atoms with Crippen LogP contribution in [0.1, 0.15) is 65.1 Å². The second-order valence-corrected chi connectivity index (χ2v) is 10.6. The van der Waals surface area contributed by atoms with Crippen molar-refractivity contribution in [1.82, 2.24) is 5.48 Å². The standard InChI is InChI=1S/C30H32N2O8S/c33-17-19-4-6-20(7-5-19)26-16-24(18-41-25-14-10-21(11-15-25)29(36)37)39-30(40-26)22-8-12-23(13-9-22)31-27(34)2-1-3-28(35)32-38/h4-15,24,26,30,33,38H,1-3,16-18H2,(H,31,34)(H,32,35)(H,36,37)/t24-,26+,30+/m0/s1. The highest BCUT2D eigenvalue weighted by molar-refractivity contribution is 7.99. The maximum Gasteiger partial charge on any atom is 0.335 e. The van der Waals surface area contributed by atoms with Crippen LogP contribution in [0.2, 0.25) is 0 Å². The number of aliphatic hydroxyl groups is 1. The number of thioether (sulfide) groups is 1. The second-order valence-electron chi connectivity index (χ2n) is 9.55. The Morgan fingerprint density at radius 3 is 2.15 bits per heavy atom. The fraction of sp³-hybridized carbons (Fsp3) is 0.300. The van der Waals surface area contributed by atoms with E-state index in [1.165, 1.54) is 0 Å². The maximum absolute atomic E-state index is 12.2. The van der Waals surface area contributed by atoms with Crippen LogP contribution in [-0.4, -0.2) is 45.1 Å². The molecule has 3 atom stereocenters. The number of hydroxylamine groups is 1. The van der Waals surface area contributed by atoms with E-state index in [-0.39, 0.29) is 43.1 Å². The number of anilines is 1. The number of hydrogen-bond donors (Lipinski definition) is 5. The largest absolute Gasteiger partial charge is 0.478 e. The number of carbonyl (C=O) groups excluding carboxylic acids is 2. The number of ether oxygens (including phenoxy) is 2. The molecule has 5 N–H and O–H groups in total. The lowest BCUT2D eigenvalue weighted by atomic mass is 10.0. The summed E-state index contributed by atoms with van der Waals surface area (Å²) in [5.41, 5.74) is 4.92. The molecular weight excluding hydrogens is 548 g/mol. The average molecular weight is 581 g/mol. The highest BCUT2D eigenvalue weighted by atomic mass is 32.2. The summed E-state index contributed by atoms with van der Waals surface area (Å²) in [5.74, 6) is -1.12. The molecule has 216 valence electrons. The Morgan fingerprint density at radius 2 is 1.51 bits per heavy atom. The lowest BCUT2D eigenvalue weighted by molar-refractivity contribution is -0.245. The molecular formula is C30H32N2O8S. The Balaban J connectivity index is 1.42. The van der Waals surface area contributed by atoms with E-state index in [1.807, 2.05) is 36.4 Å². The third-order valence-corrected chi connectivity index (χ3v) is 7.70. The second kappa shape index (κ2) is 14.8. The molecule has 1 heterocycles.